The summed E-state index contributed by atoms with van der Waals surface area (Å²) < 4.78 is 0. The van der Waals surface area contributed by atoms with Crippen LogP contribution in [0.4, 0.5) is 5.82 Å². The van der Waals surface area contributed by atoms with Gasteiger partial charge in [0.1, 0.15) is 5.82 Å². The van der Waals surface area contributed by atoms with Crippen molar-refractivity contribution in [2.75, 3.05) is 11.9 Å². The number of hydrogen-bond acceptors (Lipinski definition) is 3. The van der Waals surface area contributed by atoms with Gasteiger partial charge in [-0.2, -0.15) is 0 Å². The van der Waals surface area contributed by atoms with Crippen LogP contribution in [0.3, 0.4) is 0 Å². The minimum absolute atomic E-state index is 0.116. The zero-order chi connectivity index (χ0) is 18.4. The highest BCUT2D eigenvalue weighted by Crippen LogP contribution is 2.19. The van der Waals surface area contributed by atoms with Gasteiger partial charge in [-0.1, -0.05) is 42.5 Å². The Balaban J connectivity index is 1.55. The van der Waals surface area contributed by atoms with Crippen LogP contribution in [0.25, 0.3) is 11.1 Å². The van der Waals surface area contributed by atoms with E-state index in [-0.39, 0.29) is 18.4 Å². The molecule has 0 radical (unpaired) electrons. The third-order valence-corrected chi connectivity index (χ3v) is 3.85. The molecule has 0 aliphatic heterocycles. The fraction of sp³-hybridized carbons (Fsp3) is 0.0952. The third kappa shape index (κ3) is 4.54. The van der Waals surface area contributed by atoms with Gasteiger partial charge in [0.05, 0.1) is 6.54 Å². The molecule has 5 nitrogen and oxygen atoms in total. The molecular weight excluding hydrogens is 326 g/mol. The molecule has 2 aromatic carbocycles. The van der Waals surface area contributed by atoms with Gasteiger partial charge in [0.15, 0.2) is 0 Å². The number of carbonyl (C=O) groups excluding carboxylic acids is 2. The van der Waals surface area contributed by atoms with E-state index in [4.69, 9.17) is 0 Å². The monoisotopic (exact) mass is 345 g/mol. The molecule has 1 heterocycles. The number of rotatable bonds is 5. The minimum Gasteiger partial charge on any atom is -0.343 e. The summed E-state index contributed by atoms with van der Waals surface area (Å²) in [6.07, 6.45) is 1.62. The molecule has 3 rings (SSSR count). The van der Waals surface area contributed by atoms with Gasteiger partial charge in [0, 0.05) is 11.8 Å². The van der Waals surface area contributed by atoms with E-state index in [1.165, 1.54) is 0 Å². The normalized spacial score (nSPS) is 10.2. The van der Waals surface area contributed by atoms with Crippen LogP contribution < -0.4 is 10.6 Å². The summed E-state index contributed by atoms with van der Waals surface area (Å²) in [5.41, 5.74) is 3.62. The molecule has 0 atom stereocenters. The van der Waals surface area contributed by atoms with Gasteiger partial charge >= 0.3 is 0 Å². The number of benzene rings is 2. The van der Waals surface area contributed by atoms with Crippen LogP contribution >= 0.6 is 0 Å². The standard InChI is InChI=1S/C21H19N3O2/c1-15-11-12-22-19(13-15)24-20(25)14-23-21(26)18-9-7-17(8-10-18)16-5-3-2-4-6-16/h2-13H,14H2,1H3,(H,23,26)(H,22,24,25). The Labute approximate surface area is 152 Å². The van der Waals surface area contributed by atoms with Gasteiger partial charge in [-0.25, -0.2) is 4.98 Å². The van der Waals surface area contributed by atoms with Crippen LogP contribution in [0.1, 0.15) is 15.9 Å². The number of aryl methyl sites for hydroxylation is 1. The molecule has 0 saturated heterocycles. The maximum Gasteiger partial charge on any atom is 0.251 e. The summed E-state index contributed by atoms with van der Waals surface area (Å²) in [5.74, 6) is -0.147. The predicted molar refractivity (Wildman–Crippen MR) is 102 cm³/mol. The Hall–Kier alpha value is -3.47. The first kappa shape index (κ1) is 17.4. The number of amides is 2. The molecule has 3 aromatic rings. The fourth-order valence-electron chi connectivity index (χ4n) is 2.50. The average molecular weight is 345 g/mol. The lowest BCUT2D eigenvalue weighted by atomic mass is 10.0. The van der Waals surface area contributed by atoms with Crippen molar-refractivity contribution in [2.24, 2.45) is 0 Å². The Morgan fingerprint density at radius 3 is 2.31 bits per heavy atom. The summed E-state index contributed by atoms with van der Waals surface area (Å²) in [6, 6.07) is 20.8. The van der Waals surface area contributed by atoms with E-state index in [0.717, 1.165) is 16.7 Å². The molecule has 130 valence electrons. The van der Waals surface area contributed by atoms with Crippen LogP contribution in [0, 0.1) is 6.92 Å². The van der Waals surface area contributed by atoms with Crippen molar-refractivity contribution >= 4 is 17.6 Å². The second-order valence-electron chi connectivity index (χ2n) is 5.89. The van der Waals surface area contributed by atoms with E-state index in [2.05, 4.69) is 15.6 Å². The van der Waals surface area contributed by atoms with E-state index >= 15 is 0 Å². The van der Waals surface area contributed by atoms with E-state index in [1.807, 2.05) is 55.5 Å². The fourth-order valence-corrected chi connectivity index (χ4v) is 2.50. The highest BCUT2D eigenvalue weighted by atomic mass is 16.2. The van der Waals surface area contributed by atoms with Gasteiger partial charge in [-0.05, 0) is 47.9 Å². The van der Waals surface area contributed by atoms with Gasteiger partial charge in [-0.15, -0.1) is 0 Å². The summed E-state index contributed by atoms with van der Waals surface area (Å²) in [6.45, 7) is 1.80. The molecule has 0 aliphatic carbocycles. The molecule has 2 N–H and O–H groups in total. The van der Waals surface area contributed by atoms with Crippen molar-refractivity contribution in [3.05, 3.63) is 84.1 Å². The zero-order valence-corrected chi connectivity index (χ0v) is 14.4. The van der Waals surface area contributed by atoms with E-state index < -0.39 is 0 Å². The zero-order valence-electron chi connectivity index (χ0n) is 14.4. The average Bonchev–Trinajstić information content (AvgIpc) is 2.67. The van der Waals surface area contributed by atoms with Crippen LogP contribution in [0.2, 0.25) is 0 Å². The molecule has 0 fully saturated rings. The lowest BCUT2D eigenvalue weighted by Gasteiger charge is -2.08. The smallest absolute Gasteiger partial charge is 0.251 e. The molecular formula is C21H19N3O2. The van der Waals surface area contributed by atoms with Gasteiger partial charge in [0.25, 0.3) is 5.91 Å². The van der Waals surface area contributed by atoms with Crippen LogP contribution in [0.5, 0.6) is 0 Å². The number of aromatic nitrogens is 1. The second kappa shape index (κ2) is 8.07. The SMILES string of the molecule is Cc1ccnc(NC(=O)CNC(=O)c2ccc(-c3ccccc3)cc2)c1. The van der Waals surface area contributed by atoms with Gasteiger partial charge in [-0.3, -0.25) is 9.59 Å². The first-order chi connectivity index (χ1) is 12.6. The van der Waals surface area contributed by atoms with Crippen molar-refractivity contribution in [2.45, 2.75) is 6.92 Å². The summed E-state index contributed by atoms with van der Waals surface area (Å²) in [7, 11) is 0. The van der Waals surface area contributed by atoms with Crippen molar-refractivity contribution < 1.29 is 9.59 Å². The van der Waals surface area contributed by atoms with Crippen molar-refractivity contribution in [3.8, 4) is 11.1 Å². The highest BCUT2D eigenvalue weighted by Gasteiger charge is 2.09. The Kier molecular flexibility index (Phi) is 5.39. The number of pyridine rings is 1. The molecule has 5 heteroatoms. The van der Waals surface area contributed by atoms with E-state index in [0.29, 0.717) is 11.4 Å². The maximum absolute atomic E-state index is 12.2. The minimum atomic E-state index is -0.322. The van der Waals surface area contributed by atoms with E-state index in [1.54, 1.807) is 24.4 Å². The van der Waals surface area contributed by atoms with Crippen LogP contribution in [0.15, 0.2) is 72.9 Å². The summed E-state index contributed by atoms with van der Waals surface area (Å²) in [4.78, 5) is 28.2. The molecule has 0 saturated carbocycles. The maximum atomic E-state index is 12.2. The topological polar surface area (TPSA) is 71.1 Å². The lowest BCUT2D eigenvalue weighted by molar-refractivity contribution is -0.115. The lowest BCUT2D eigenvalue weighted by Crippen LogP contribution is -2.33. The number of anilines is 1. The number of nitrogens with one attached hydrogen (secondary N) is 2. The highest BCUT2D eigenvalue weighted by molar-refractivity contribution is 5.99. The molecule has 26 heavy (non-hydrogen) atoms. The first-order valence-corrected chi connectivity index (χ1v) is 8.28. The van der Waals surface area contributed by atoms with Crippen molar-refractivity contribution in [1.82, 2.24) is 10.3 Å². The molecule has 0 unspecified atom stereocenters. The molecule has 0 spiro atoms. The Bertz CT molecular complexity index is 906. The quantitative estimate of drug-likeness (QED) is 0.744. The predicted octanol–water partition coefficient (Wildman–Crippen LogP) is 3.43. The third-order valence-electron chi connectivity index (χ3n) is 3.85. The first-order valence-electron chi connectivity index (χ1n) is 8.28. The van der Waals surface area contributed by atoms with Crippen molar-refractivity contribution in [1.29, 1.82) is 0 Å². The van der Waals surface area contributed by atoms with Gasteiger partial charge < -0.3 is 10.6 Å². The van der Waals surface area contributed by atoms with Crippen LogP contribution in [-0.2, 0) is 4.79 Å². The molecule has 2 amide bonds. The molecule has 1 aromatic heterocycles. The van der Waals surface area contributed by atoms with Gasteiger partial charge in [0.2, 0.25) is 5.91 Å². The Morgan fingerprint density at radius 1 is 0.923 bits per heavy atom. The number of hydrogen-bond donors (Lipinski definition) is 2. The second-order valence-corrected chi connectivity index (χ2v) is 5.89. The number of nitrogens with zero attached hydrogens (tertiary/aromatic N) is 1. The summed E-state index contributed by atoms with van der Waals surface area (Å²) in [5, 5.41) is 5.27. The summed E-state index contributed by atoms with van der Waals surface area (Å²) >= 11 is 0. The number of carbonyl (C=O) groups is 2. The molecule has 0 bridgehead atoms. The molecule has 0 aliphatic rings. The Morgan fingerprint density at radius 2 is 1.62 bits per heavy atom. The van der Waals surface area contributed by atoms with E-state index in [9.17, 15) is 9.59 Å². The van der Waals surface area contributed by atoms with Crippen LogP contribution in [-0.4, -0.2) is 23.3 Å². The largest absolute Gasteiger partial charge is 0.343 e. The van der Waals surface area contributed by atoms with Crippen molar-refractivity contribution in [3.63, 3.8) is 0 Å².